The lowest BCUT2D eigenvalue weighted by atomic mass is 10.1. The van der Waals surface area contributed by atoms with Crippen LogP contribution in [0.4, 0.5) is 5.69 Å². The molecule has 0 aliphatic heterocycles. The second-order valence-corrected chi connectivity index (χ2v) is 4.82. The largest absolute Gasteiger partial charge is 0.328 e. The summed E-state index contributed by atoms with van der Waals surface area (Å²) in [6, 6.07) is 0. The molecule has 0 fully saturated rings. The van der Waals surface area contributed by atoms with E-state index in [2.05, 4.69) is 9.97 Å². The molecule has 2 heterocycles. The smallest absolute Gasteiger partial charge is 0.294 e. The Balaban J connectivity index is 2.53. The number of H-pyrrole nitrogens is 1. The highest BCUT2D eigenvalue weighted by Gasteiger charge is 2.19. The van der Waals surface area contributed by atoms with Crippen LogP contribution in [0.15, 0.2) is 22.0 Å². The lowest BCUT2D eigenvalue weighted by Crippen LogP contribution is -2.31. The molecule has 21 heavy (non-hydrogen) atoms. The SMILES string of the molecule is Cc1cnc(Cn2cc(C)c(=O)[nH]c2=O)c(C)c1[N+](=O)[O-]. The van der Waals surface area contributed by atoms with Crippen LogP contribution in [0.25, 0.3) is 0 Å². The van der Waals surface area contributed by atoms with Gasteiger partial charge in [0.15, 0.2) is 0 Å². The summed E-state index contributed by atoms with van der Waals surface area (Å²) in [6.07, 6.45) is 2.82. The van der Waals surface area contributed by atoms with Crippen LogP contribution in [0, 0.1) is 30.9 Å². The minimum absolute atomic E-state index is 0.00537. The molecule has 0 saturated carbocycles. The molecule has 110 valence electrons. The molecule has 0 spiro atoms. The van der Waals surface area contributed by atoms with E-state index in [1.54, 1.807) is 20.8 Å². The van der Waals surface area contributed by atoms with Gasteiger partial charge in [-0.05, 0) is 20.8 Å². The molecule has 0 amide bonds. The number of rotatable bonds is 3. The van der Waals surface area contributed by atoms with Gasteiger partial charge < -0.3 is 0 Å². The Labute approximate surface area is 119 Å². The third kappa shape index (κ3) is 2.73. The van der Waals surface area contributed by atoms with Gasteiger partial charge in [-0.15, -0.1) is 0 Å². The van der Waals surface area contributed by atoms with Gasteiger partial charge in [-0.1, -0.05) is 0 Å². The first-order valence-corrected chi connectivity index (χ1v) is 6.21. The van der Waals surface area contributed by atoms with Crippen molar-refractivity contribution in [1.29, 1.82) is 0 Å². The summed E-state index contributed by atoms with van der Waals surface area (Å²) in [5, 5.41) is 11.1. The van der Waals surface area contributed by atoms with Crippen molar-refractivity contribution in [2.24, 2.45) is 0 Å². The molecular weight excluding hydrogens is 276 g/mol. The first kappa shape index (κ1) is 14.6. The van der Waals surface area contributed by atoms with Gasteiger partial charge in [0.1, 0.15) is 0 Å². The van der Waals surface area contributed by atoms with Crippen LogP contribution in [0.2, 0.25) is 0 Å². The highest BCUT2D eigenvalue weighted by molar-refractivity contribution is 5.47. The zero-order valence-electron chi connectivity index (χ0n) is 11.8. The van der Waals surface area contributed by atoms with Crippen molar-refractivity contribution in [3.05, 3.63) is 65.7 Å². The molecule has 2 aromatic heterocycles. The van der Waals surface area contributed by atoms with Crippen molar-refractivity contribution in [1.82, 2.24) is 14.5 Å². The first-order valence-electron chi connectivity index (χ1n) is 6.21. The number of nitro groups is 1. The molecule has 0 atom stereocenters. The molecule has 0 aliphatic rings. The average molecular weight is 290 g/mol. The van der Waals surface area contributed by atoms with E-state index >= 15 is 0 Å². The molecular formula is C13H14N4O4. The molecule has 0 radical (unpaired) electrons. The van der Waals surface area contributed by atoms with E-state index in [1.807, 2.05) is 0 Å². The minimum atomic E-state index is -0.574. The van der Waals surface area contributed by atoms with Crippen molar-refractivity contribution in [2.45, 2.75) is 27.3 Å². The molecule has 0 aliphatic carbocycles. The Morgan fingerprint density at radius 2 is 1.95 bits per heavy atom. The van der Waals surface area contributed by atoms with Crippen molar-refractivity contribution >= 4 is 5.69 Å². The summed E-state index contributed by atoms with van der Waals surface area (Å²) in [5.74, 6) is 0. The van der Waals surface area contributed by atoms with Gasteiger partial charge >= 0.3 is 5.69 Å². The van der Waals surface area contributed by atoms with E-state index in [9.17, 15) is 19.7 Å². The second kappa shape index (κ2) is 5.31. The third-order valence-corrected chi connectivity index (χ3v) is 3.27. The van der Waals surface area contributed by atoms with Gasteiger partial charge in [0, 0.05) is 23.5 Å². The topological polar surface area (TPSA) is 111 Å². The predicted molar refractivity (Wildman–Crippen MR) is 75.5 cm³/mol. The maximum Gasteiger partial charge on any atom is 0.328 e. The standard InChI is InChI=1S/C13H14N4O4/c1-7-4-14-10(9(3)11(7)17(20)21)6-16-5-8(2)12(18)15-13(16)19/h4-5H,6H2,1-3H3,(H,15,18,19). The second-order valence-electron chi connectivity index (χ2n) is 4.82. The highest BCUT2D eigenvalue weighted by atomic mass is 16.6. The fourth-order valence-corrected chi connectivity index (χ4v) is 2.10. The maximum absolute atomic E-state index is 11.7. The van der Waals surface area contributed by atoms with E-state index in [0.717, 1.165) is 0 Å². The summed E-state index contributed by atoms with van der Waals surface area (Å²) in [4.78, 5) is 40.0. The Morgan fingerprint density at radius 3 is 2.57 bits per heavy atom. The van der Waals surface area contributed by atoms with E-state index in [4.69, 9.17) is 0 Å². The molecule has 2 aromatic rings. The lowest BCUT2D eigenvalue weighted by molar-refractivity contribution is -0.386. The summed E-state index contributed by atoms with van der Waals surface area (Å²) in [7, 11) is 0. The molecule has 8 nitrogen and oxygen atoms in total. The number of hydrogen-bond donors (Lipinski definition) is 1. The maximum atomic E-state index is 11.7. The first-order chi connectivity index (χ1) is 9.81. The predicted octanol–water partition coefficient (Wildman–Crippen LogP) is 0.813. The summed E-state index contributed by atoms with van der Waals surface area (Å²) >= 11 is 0. The van der Waals surface area contributed by atoms with Crippen LogP contribution in [0.3, 0.4) is 0 Å². The Morgan fingerprint density at radius 1 is 1.29 bits per heavy atom. The fraction of sp³-hybridized carbons (Fsp3) is 0.308. The van der Waals surface area contributed by atoms with Gasteiger partial charge in [0.2, 0.25) is 0 Å². The van der Waals surface area contributed by atoms with E-state index in [0.29, 0.717) is 22.4 Å². The van der Waals surface area contributed by atoms with Gasteiger partial charge in [-0.3, -0.25) is 29.4 Å². The fourth-order valence-electron chi connectivity index (χ4n) is 2.10. The van der Waals surface area contributed by atoms with Crippen molar-refractivity contribution in [3.63, 3.8) is 0 Å². The van der Waals surface area contributed by atoms with Crippen LogP contribution in [-0.2, 0) is 6.54 Å². The summed E-state index contributed by atoms with van der Waals surface area (Å²) in [5.41, 5.74) is 0.650. The number of pyridine rings is 1. The molecule has 8 heteroatoms. The van der Waals surface area contributed by atoms with Crippen LogP contribution in [0.1, 0.15) is 22.4 Å². The van der Waals surface area contributed by atoms with Crippen LogP contribution >= 0.6 is 0 Å². The number of hydrogen-bond acceptors (Lipinski definition) is 5. The van der Waals surface area contributed by atoms with Gasteiger partial charge in [-0.2, -0.15) is 0 Å². The monoisotopic (exact) mass is 290 g/mol. The molecule has 1 N–H and O–H groups in total. The molecule has 2 rings (SSSR count). The summed E-state index contributed by atoms with van der Waals surface area (Å²) in [6.45, 7) is 4.84. The van der Waals surface area contributed by atoms with Crippen molar-refractivity contribution < 1.29 is 4.92 Å². The van der Waals surface area contributed by atoms with Crippen molar-refractivity contribution in [2.75, 3.05) is 0 Å². The van der Waals surface area contributed by atoms with E-state index < -0.39 is 16.2 Å². The van der Waals surface area contributed by atoms with E-state index in [-0.39, 0.29) is 12.2 Å². The number of nitrogens with zero attached hydrogens (tertiary/aromatic N) is 3. The van der Waals surface area contributed by atoms with Crippen LogP contribution in [-0.4, -0.2) is 19.5 Å². The Bertz CT molecular complexity index is 835. The Kier molecular flexibility index (Phi) is 3.70. The van der Waals surface area contributed by atoms with Crippen LogP contribution in [0.5, 0.6) is 0 Å². The minimum Gasteiger partial charge on any atom is -0.294 e. The molecule has 0 unspecified atom stereocenters. The zero-order chi connectivity index (χ0) is 15.7. The number of aromatic nitrogens is 3. The molecule has 0 bridgehead atoms. The number of aromatic amines is 1. The van der Waals surface area contributed by atoms with Gasteiger partial charge in [-0.25, -0.2) is 4.79 Å². The number of aryl methyl sites for hydroxylation is 2. The molecule has 0 saturated heterocycles. The summed E-state index contributed by atoms with van der Waals surface area (Å²) < 4.78 is 1.27. The lowest BCUT2D eigenvalue weighted by Gasteiger charge is -2.09. The van der Waals surface area contributed by atoms with Crippen molar-refractivity contribution in [3.8, 4) is 0 Å². The van der Waals surface area contributed by atoms with Gasteiger partial charge in [0.25, 0.3) is 11.2 Å². The van der Waals surface area contributed by atoms with Gasteiger partial charge in [0.05, 0.1) is 22.7 Å². The Hall–Kier alpha value is -2.77. The average Bonchev–Trinajstić information content (AvgIpc) is 2.38. The van der Waals surface area contributed by atoms with E-state index in [1.165, 1.54) is 17.0 Å². The zero-order valence-corrected chi connectivity index (χ0v) is 11.8. The highest BCUT2D eigenvalue weighted by Crippen LogP contribution is 2.24. The molecule has 0 aromatic carbocycles. The normalized spacial score (nSPS) is 10.6. The third-order valence-electron chi connectivity index (χ3n) is 3.27. The number of nitrogens with one attached hydrogen (secondary N) is 1. The quantitative estimate of drug-likeness (QED) is 0.664. The van der Waals surface area contributed by atoms with Crippen LogP contribution < -0.4 is 11.2 Å².